The van der Waals surface area contributed by atoms with Gasteiger partial charge in [-0.3, -0.25) is 4.79 Å². The van der Waals surface area contributed by atoms with Gasteiger partial charge in [0.25, 0.3) is 0 Å². The molecular weight excluding hydrogens is 219 g/mol. The van der Waals surface area contributed by atoms with E-state index in [0.29, 0.717) is 6.42 Å². The van der Waals surface area contributed by atoms with E-state index >= 15 is 0 Å². The highest BCUT2D eigenvalue weighted by atomic mass is 19.1. The Hall–Kier alpha value is -1.64. The molecule has 2 nitrogen and oxygen atoms in total. The van der Waals surface area contributed by atoms with Crippen LogP contribution in [0.25, 0.3) is 5.57 Å². The fourth-order valence-corrected chi connectivity index (χ4v) is 2.34. The van der Waals surface area contributed by atoms with Crippen molar-refractivity contribution in [1.29, 1.82) is 0 Å². The quantitative estimate of drug-likeness (QED) is 0.852. The molecule has 0 radical (unpaired) electrons. The molecule has 3 heteroatoms. The van der Waals surface area contributed by atoms with Crippen molar-refractivity contribution < 1.29 is 14.3 Å². The molecule has 0 aromatic heterocycles. The predicted molar refractivity (Wildman–Crippen MR) is 63.9 cm³/mol. The first kappa shape index (κ1) is 11.8. The van der Waals surface area contributed by atoms with Crippen LogP contribution in [-0.2, 0) is 4.79 Å². The van der Waals surface area contributed by atoms with Crippen LogP contribution in [-0.4, -0.2) is 11.1 Å². The topological polar surface area (TPSA) is 37.3 Å². The maximum atomic E-state index is 12.8. The minimum absolute atomic E-state index is 0.0290. The Balaban J connectivity index is 2.22. The second-order valence-corrected chi connectivity index (χ2v) is 4.54. The van der Waals surface area contributed by atoms with Crippen molar-refractivity contribution in [3.63, 3.8) is 0 Å². The van der Waals surface area contributed by atoms with E-state index in [1.165, 1.54) is 12.1 Å². The first-order valence-electron chi connectivity index (χ1n) is 5.77. The number of hydrogen-bond donors (Lipinski definition) is 1. The zero-order chi connectivity index (χ0) is 12.4. The Morgan fingerprint density at radius 2 is 2.00 bits per heavy atom. The summed E-state index contributed by atoms with van der Waals surface area (Å²) in [4.78, 5) is 11.0. The predicted octanol–water partition coefficient (Wildman–Crippen LogP) is 3.34. The fourth-order valence-electron chi connectivity index (χ4n) is 2.34. The molecule has 1 N–H and O–H groups in total. The lowest BCUT2D eigenvalue weighted by atomic mass is 9.80. The highest BCUT2D eigenvalue weighted by Crippen LogP contribution is 2.33. The van der Waals surface area contributed by atoms with Crippen LogP contribution in [0.15, 0.2) is 30.3 Å². The van der Waals surface area contributed by atoms with Gasteiger partial charge < -0.3 is 5.11 Å². The molecule has 0 heterocycles. The lowest BCUT2D eigenvalue weighted by molar-refractivity contribution is -0.143. The third-order valence-corrected chi connectivity index (χ3v) is 3.36. The van der Waals surface area contributed by atoms with Gasteiger partial charge in [0.05, 0.1) is 5.92 Å². The van der Waals surface area contributed by atoms with Gasteiger partial charge in [-0.1, -0.05) is 25.1 Å². The monoisotopic (exact) mass is 234 g/mol. The van der Waals surface area contributed by atoms with Gasteiger partial charge in [0.2, 0.25) is 0 Å². The Labute approximate surface area is 99.8 Å². The van der Waals surface area contributed by atoms with Crippen LogP contribution in [0, 0.1) is 17.7 Å². The van der Waals surface area contributed by atoms with Crippen LogP contribution in [0.5, 0.6) is 0 Å². The summed E-state index contributed by atoms with van der Waals surface area (Å²) in [5.41, 5.74) is 2.11. The first-order chi connectivity index (χ1) is 8.08. The number of halogens is 1. The second kappa shape index (κ2) is 4.70. The number of carboxylic acids is 1. The smallest absolute Gasteiger partial charge is 0.307 e. The third-order valence-electron chi connectivity index (χ3n) is 3.36. The third kappa shape index (κ3) is 2.54. The molecule has 2 atom stereocenters. The molecule has 1 aromatic carbocycles. The molecule has 0 saturated heterocycles. The van der Waals surface area contributed by atoms with E-state index in [4.69, 9.17) is 5.11 Å². The summed E-state index contributed by atoms with van der Waals surface area (Å²) in [6.07, 6.45) is 3.39. The molecule has 0 amide bonds. The van der Waals surface area contributed by atoms with Crippen molar-refractivity contribution >= 4 is 11.5 Å². The zero-order valence-corrected chi connectivity index (χ0v) is 9.69. The van der Waals surface area contributed by atoms with E-state index in [0.717, 1.165) is 17.6 Å². The zero-order valence-electron chi connectivity index (χ0n) is 9.69. The molecule has 0 unspecified atom stereocenters. The molecule has 0 spiro atoms. The van der Waals surface area contributed by atoms with Gasteiger partial charge in [-0.05, 0) is 42.0 Å². The lowest BCUT2D eigenvalue weighted by Gasteiger charge is -2.24. The molecule has 0 bridgehead atoms. The highest BCUT2D eigenvalue weighted by molar-refractivity contribution is 5.74. The molecule has 0 fully saturated rings. The Kier molecular flexibility index (Phi) is 3.27. The molecule has 1 aliphatic carbocycles. The molecule has 1 aliphatic rings. The van der Waals surface area contributed by atoms with Gasteiger partial charge in [-0.15, -0.1) is 0 Å². The van der Waals surface area contributed by atoms with E-state index in [1.807, 2.05) is 13.0 Å². The SMILES string of the molecule is C[C@H]1C=C(c2ccc(F)cc2)CC[C@H]1C(=O)O. The van der Waals surface area contributed by atoms with E-state index in [1.54, 1.807) is 12.1 Å². The number of allylic oxidation sites excluding steroid dienone is 2. The number of benzene rings is 1. The van der Waals surface area contributed by atoms with Crippen LogP contribution < -0.4 is 0 Å². The summed E-state index contributed by atoms with van der Waals surface area (Å²) in [5, 5.41) is 9.02. The minimum atomic E-state index is -0.730. The summed E-state index contributed by atoms with van der Waals surface area (Å²) in [6.45, 7) is 1.92. The summed E-state index contributed by atoms with van der Waals surface area (Å²) >= 11 is 0. The summed E-state index contributed by atoms with van der Waals surface area (Å²) in [6, 6.07) is 6.36. The van der Waals surface area contributed by atoms with Gasteiger partial charge in [-0.2, -0.15) is 0 Å². The number of carboxylic acid groups (broad SMARTS) is 1. The minimum Gasteiger partial charge on any atom is -0.481 e. The average Bonchev–Trinajstić information content (AvgIpc) is 2.29. The molecule has 0 saturated carbocycles. The molecule has 17 heavy (non-hydrogen) atoms. The molecule has 0 aliphatic heterocycles. The Morgan fingerprint density at radius 1 is 1.35 bits per heavy atom. The number of aliphatic carboxylic acids is 1. The van der Waals surface area contributed by atoms with Crippen LogP contribution in [0.3, 0.4) is 0 Å². The normalized spacial score (nSPS) is 24.2. The molecule has 1 aromatic rings. The fraction of sp³-hybridized carbons (Fsp3) is 0.357. The maximum Gasteiger partial charge on any atom is 0.307 e. The highest BCUT2D eigenvalue weighted by Gasteiger charge is 2.27. The van der Waals surface area contributed by atoms with Crippen molar-refractivity contribution in [2.75, 3.05) is 0 Å². The van der Waals surface area contributed by atoms with Crippen LogP contribution in [0.2, 0.25) is 0 Å². The lowest BCUT2D eigenvalue weighted by Crippen LogP contribution is -2.23. The van der Waals surface area contributed by atoms with Crippen molar-refractivity contribution in [1.82, 2.24) is 0 Å². The van der Waals surface area contributed by atoms with Gasteiger partial charge in [0.15, 0.2) is 0 Å². The van der Waals surface area contributed by atoms with E-state index in [-0.39, 0.29) is 17.7 Å². The van der Waals surface area contributed by atoms with Crippen LogP contribution >= 0.6 is 0 Å². The van der Waals surface area contributed by atoms with Crippen molar-refractivity contribution in [2.45, 2.75) is 19.8 Å². The van der Waals surface area contributed by atoms with E-state index in [9.17, 15) is 9.18 Å². The van der Waals surface area contributed by atoms with Gasteiger partial charge in [0.1, 0.15) is 5.82 Å². The van der Waals surface area contributed by atoms with E-state index in [2.05, 4.69) is 0 Å². The summed E-state index contributed by atoms with van der Waals surface area (Å²) in [7, 11) is 0. The Morgan fingerprint density at radius 3 is 2.53 bits per heavy atom. The van der Waals surface area contributed by atoms with Crippen molar-refractivity contribution in [3.05, 3.63) is 41.7 Å². The Bertz CT molecular complexity index is 448. The number of rotatable bonds is 2. The molecule has 2 rings (SSSR count). The maximum absolute atomic E-state index is 12.8. The molecule has 90 valence electrons. The number of hydrogen-bond acceptors (Lipinski definition) is 1. The first-order valence-corrected chi connectivity index (χ1v) is 5.77. The van der Waals surface area contributed by atoms with E-state index < -0.39 is 5.97 Å². The van der Waals surface area contributed by atoms with Crippen LogP contribution in [0.4, 0.5) is 4.39 Å². The average molecular weight is 234 g/mol. The van der Waals surface area contributed by atoms with Crippen molar-refractivity contribution in [2.24, 2.45) is 11.8 Å². The van der Waals surface area contributed by atoms with Crippen molar-refractivity contribution in [3.8, 4) is 0 Å². The second-order valence-electron chi connectivity index (χ2n) is 4.54. The summed E-state index contributed by atoms with van der Waals surface area (Å²) in [5.74, 6) is -1.24. The molecular formula is C14H15FO2. The summed E-state index contributed by atoms with van der Waals surface area (Å²) < 4.78 is 12.8. The number of carbonyl (C=O) groups is 1. The van der Waals surface area contributed by atoms with Gasteiger partial charge >= 0.3 is 5.97 Å². The standard InChI is InChI=1S/C14H15FO2/c1-9-8-11(4-7-13(9)14(16)17)10-2-5-12(15)6-3-10/h2-3,5-6,8-9,13H,4,7H2,1H3,(H,16,17)/t9-,13+/m0/s1. The largest absolute Gasteiger partial charge is 0.481 e. The van der Waals surface area contributed by atoms with Crippen LogP contribution in [0.1, 0.15) is 25.3 Å². The van der Waals surface area contributed by atoms with Gasteiger partial charge in [0, 0.05) is 0 Å². The van der Waals surface area contributed by atoms with Gasteiger partial charge in [-0.25, -0.2) is 4.39 Å².